The highest BCUT2D eigenvalue weighted by Crippen LogP contribution is 2.19. The van der Waals surface area contributed by atoms with Gasteiger partial charge in [-0.2, -0.15) is 0 Å². The Morgan fingerprint density at radius 2 is 2.50 bits per heavy atom. The van der Waals surface area contributed by atoms with Crippen LogP contribution >= 0.6 is 11.3 Å². The van der Waals surface area contributed by atoms with E-state index < -0.39 is 0 Å². The molecule has 68 valence electrons. The van der Waals surface area contributed by atoms with Gasteiger partial charge in [0.15, 0.2) is 0 Å². The molecular formula is C8H14N2OS. The summed E-state index contributed by atoms with van der Waals surface area (Å²) in [5, 5.41) is 2.75. The molecule has 0 saturated heterocycles. The average molecular weight is 186 g/mol. The molecule has 0 saturated carbocycles. The molecule has 0 fully saturated rings. The summed E-state index contributed by atoms with van der Waals surface area (Å²) in [6, 6.07) is 0. The van der Waals surface area contributed by atoms with Crippen molar-refractivity contribution in [3.05, 3.63) is 11.1 Å². The largest absolute Gasteiger partial charge is 0.473 e. The first-order chi connectivity index (χ1) is 5.76. The predicted octanol–water partition coefficient (Wildman–Crippen LogP) is 1.29. The fraction of sp³-hybridized carbons (Fsp3) is 0.625. The number of methoxy groups -OCH3 is 1. The Morgan fingerprint density at radius 1 is 1.75 bits per heavy atom. The van der Waals surface area contributed by atoms with Crippen LogP contribution in [0.25, 0.3) is 0 Å². The molecule has 1 aromatic heterocycles. The van der Waals surface area contributed by atoms with Crippen LogP contribution in [0.2, 0.25) is 0 Å². The molecule has 3 nitrogen and oxygen atoms in total. The van der Waals surface area contributed by atoms with Gasteiger partial charge in [-0.05, 0) is 18.9 Å². The molecule has 0 aliphatic heterocycles. The van der Waals surface area contributed by atoms with Crippen molar-refractivity contribution < 1.29 is 4.74 Å². The molecule has 1 unspecified atom stereocenters. The van der Waals surface area contributed by atoms with Crippen molar-refractivity contribution in [2.45, 2.75) is 13.3 Å². The maximum atomic E-state index is 5.50. The van der Waals surface area contributed by atoms with E-state index in [9.17, 15) is 0 Å². The third-order valence-corrected chi connectivity index (χ3v) is 2.51. The van der Waals surface area contributed by atoms with E-state index in [0.717, 1.165) is 17.3 Å². The van der Waals surface area contributed by atoms with Crippen LogP contribution in [-0.2, 0) is 6.42 Å². The van der Waals surface area contributed by atoms with E-state index in [-0.39, 0.29) is 0 Å². The highest BCUT2D eigenvalue weighted by atomic mass is 32.1. The topological polar surface area (TPSA) is 48.1 Å². The van der Waals surface area contributed by atoms with E-state index in [1.54, 1.807) is 7.11 Å². The number of nitrogens with two attached hydrogens (primary N) is 1. The highest BCUT2D eigenvalue weighted by molar-refractivity contribution is 7.11. The lowest BCUT2D eigenvalue weighted by molar-refractivity contribution is 0.409. The third-order valence-electron chi connectivity index (χ3n) is 1.67. The van der Waals surface area contributed by atoms with Crippen molar-refractivity contribution in [3.63, 3.8) is 0 Å². The molecule has 0 radical (unpaired) electrons. The number of hydrogen-bond donors (Lipinski definition) is 1. The molecular weight excluding hydrogens is 172 g/mol. The van der Waals surface area contributed by atoms with Crippen LogP contribution in [0.15, 0.2) is 5.38 Å². The van der Waals surface area contributed by atoms with Crippen LogP contribution in [0.3, 0.4) is 0 Å². The zero-order valence-corrected chi connectivity index (χ0v) is 8.23. The number of aromatic nitrogens is 1. The van der Waals surface area contributed by atoms with Gasteiger partial charge >= 0.3 is 0 Å². The van der Waals surface area contributed by atoms with E-state index in [0.29, 0.717) is 12.5 Å². The Bertz CT molecular complexity index is 237. The predicted molar refractivity (Wildman–Crippen MR) is 50.6 cm³/mol. The second-order valence-corrected chi connectivity index (χ2v) is 3.67. The van der Waals surface area contributed by atoms with Crippen LogP contribution in [0.5, 0.6) is 5.19 Å². The summed E-state index contributed by atoms with van der Waals surface area (Å²) in [6.45, 7) is 2.83. The number of thiazole rings is 1. The monoisotopic (exact) mass is 186 g/mol. The number of ether oxygens (including phenoxy) is 1. The SMILES string of the molecule is COc1nc(CC(C)CN)cs1. The van der Waals surface area contributed by atoms with Crippen molar-refractivity contribution in [3.8, 4) is 5.19 Å². The Balaban J connectivity index is 2.52. The number of hydrogen-bond acceptors (Lipinski definition) is 4. The summed E-state index contributed by atoms with van der Waals surface area (Å²) in [5.74, 6) is 0.497. The summed E-state index contributed by atoms with van der Waals surface area (Å²) >= 11 is 1.53. The average Bonchev–Trinajstić information content (AvgIpc) is 2.52. The molecule has 0 aliphatic rings. The maximum absolute atomic E-state index is 5.50. The van der Waals surface area contributed by atoms with Crippen LogP contribution in [0.4, 0.5) is 0 Å². The van der Waals surface area contributed by atoms with Gasteiger partial charge in [0.05, 0.1) is 12.8 Å². The maximum Gasteiger partial charge on any atom is 0.273 e. The number of rotatable bonds is 4. The van der Waals surface area contributed by atoms with Gasteiger partial charge in [-0.25, -0.2) is 4.98 Å². The summed E-state index contributed by atoms with van der Waals surface area (Å²) in [4.78, 5) is 4.26. The summed E-state index contributed by atoms with van der Waals surface area (Å²) in [7, 11) is 1.63. The highest BCUT2D eigenvalue weighted by Gasteiger charge is 2.05. The van der Waals surface area contributed by atoms with Gasteiger partial charge in [0.25, 0.3) is 5.19 Å². The molecule has 1 rings (SSSR count). The molecule has 12 heavy (non-hydrogen) atoms. The summed E-state index contributed by atoms with van der Waals surface area (Å²) in [6.07, 6.45) is 0.941. The van der Waals surface area contributed by atoms with Gasteiger partial charge in [0, 0.05) is 5.38 Å². The lowest BCUT2D eigenvalue weighted by Gasteiger charge is -2.03. The van der Waals surface area contributed by atoms with E-state index in [2.05, 4.69) is 11.9 Å². The van der Waals surface area contributed by atoms with Crippen LogP contribution < -0.4 is 10.5 Å². The fourth-order valence-corrected chi connectivity index (χ4v) is 1.57. The van der Waals surface area contributed by atoms with Gasteiger partial charge in [0.1, 0.15) is 0 Å². The van der Waals surface area contributed by atoms with Crippen LogP contribution in [-0.4, -0.2) is 18.6 Å². The van der Waals surface area contributed by atoms with Crippen molar-refractivity contribution >= 4 is 11.3 Å². The molecule has 0 aromatic carbocycles. The molecule has 0 bridgehead atoms. The van der Waals surface area contributed by atoms with Crippen molar-refractivity contribution in [2.24, 2.45) is 11.7 Å². The van der Waals surface area contributed by atoms with Crippen LogP contribution in [0, 0.1) is 5.92 Å². The minimum absolute atomic E-state index is 0.497. The first-order valence-electron chi connectivity index (χ1n) is 3.94. The standard InChI is InChI=1S/C8H14N2OS/c1-6(4-9)3-7-5-12-8(10-7)11-2/h5-6H,3-4,9H2,1-2H3. The Hall–Kier alpha value is -0.610. The van der Waals surface area contributed by atoms with E-state index in [1.807, 2.05) is 5.38 Å². The lowest BCUT2D eigenvalue weighted by Crippen LogP contribution is -2.13. The molecule has 1 heterocycles. The number of nitrogens with zero attached hydrogens (tertiary/aromatic N) is 1. The Labute approximate surface area is 76.6 Å². The minimum Gasteiger partial charge on any atom is -0.473 e. The van der Waals surface area contributed by atoms with Crippen LogP contribution in [0.1, 0.15) is 12.6 Å². The molecule has 4 heteroatoms. The minimum atomic E-state index is 0.497. The summed E-state index contributed by atoms with van der Waals surface area (Å²) in [5.41, 5.74) is 6.58. The third kappa shape index (κ3) is 2.46. The van der Waals surface area contributed by atoms with Gasteiger partial charge < -0.3 is 10.5 Å². The second kappa shape index (κ2) is 4.42. The second-order valence-electron chi connectivity index (χ2n) is 2.85. The van der Waals surface area contributed by atoms with Gasteiger partial charge in [-0.1, -0.05) is 18.3 Å². The quantitative estimate of drug-likeness (QED) is 0.770. The summed E-state index contributed by atoms with van der Waals surface area (Å²) < 4.78 is 4.99. The first-order valence-corrected chi connectivity index (χ1v) is 4.82. The van der Waals surface area contributed by atoms with Crippen molar-refractivity contribution in [2.75, 3.05) is 13.7 Å². The zero-order chi connectivity index (χ0) is 8.97. The zero-order valence-electron chi connectivity index (χ0n) is 7.41. The normalized spacial score (nSPS) is 12.9. The first kappa shape index (κ1) is 9.48. The molecule has 0 amide bonds. The molecule has 0 aliphatic carbocycles. The van der Waals surface area contributed by atoms with Gasteiger partial charge in [-0.15, -0.1) is 0 Å². The van der Waals surface area contributed by atoms with E-state index in [1.165, 1.54) is 11.3 Å². The van der Waals surface area contributed by atoms with Gasteiger partial charge in [0.2, 0.25) is 0 Å². The smallest absolute Gasteiger partial charge is 0.273 e. The molecule has 1 aromatic rings. The molecule has 0 spiro atoms. The van der Waals surface area contributed by atoms with E-state index >= 15 is 0 Å². The molecule has 1 atom stereocenters. The fourth-order valence-electron chi connectivity index (χ4n) is 0.916. The molecule has 2 N–H and O–H groups in total. The lowest BCUT2D eigenvalue weighted by atomic mass is 10.1. The van der Waals surface area contributed by atoms with Gasteiger partial charge in [-0.3, -0.25) is 0 Å². The van der Waals surface area contributed by atoms with E-state index in [4.69, 9.17) is 10.5 Å². The Kier molecular flexibility index (Phi) is 3.49. The van der Waals surface area contributed by atoms with Crippen molar-refractivity contribution in [1.82, 2.24) is 4.98 Å². The van der Waals surface area contributed by atoms with Crippen molar-refractivity contribution in [1.29, 1.82) is 0 Å². The Morgan fingerprint density at radius 3 is 3.00 bits per heavy atom.